The van der Waals surface area contributed by atoms with Crippen LogP contribution in [0, 0.1) is 0 Å². The zero-order chi connectivity index (χ0) is 29.5. The van der Waals surface area contributed by atoms with Crippen molar-refractivity contribution in [3.05, 3.63) is 118 Å². The molecule has 0 aromatic heterocycles. The molecule has 4 aromatic rings. The van der Waals surface area contributed by atoms with Crippen molar-refractivity contribution in [2.45, 2.75) is 6.92 Å². The van der Waals surface area contributed by atoms with Crippen LogP contribution in [-0.4, -0.2) is 30.2 Å². The largest absolute Gasteiger partial charge is 0.490 e. The number of rotatable bonds is 9. The molecule has 1 saturated heterocycles. The predicted molar refractivity (Wildman–Crippen MR) is 171 cm³/mol. The van der Waals surface area contributed by atoms with Crippen LogP contribution in [0.4, 0.5) is 17.1 Å². The van der Waals surface area contributed by atoms with Crippen molar-refractivity contribution in [1.29, 1.82) is 0 Å². The predicted octanol–water partition coefficient (Wildman–Crippen LogP) is 8.22. The molecule has 0 aliphatic carbocycles. The highest BCUT2D eigenvalue weighted by Gasteiger charge is 2.35. The van der Waals surface area contributed by atoms with Gasteiger partial charge in [0.1, 0.15) is 0 Å². The van der Waals surface area contributed by atoms with Gasteiger partial charge in [0.15, 0.2) is 23.3 Å². The number of nitrogens with one attached hydrogen (secondary N) is 1. The van der Waals surface area contributed by atoms with Crippen molar-refractivity contribution in [1.82, 2.24) is 0 Å². The van der Waals surface area contributed by atoms with Crippen molar-refractivity contribution in [2.75, 3.05) is 23.4 Å². The van der Waals surface area contributed by atoms with E-state index in [1.807, 2.05) is 25.1 Å². The van der Waals surface area contributed by atoms with Gasteiger partial charge in [-0.2, -0.15) is 0 Å². The number of hydrogen-bond donors (Lipinski definition) is 1. The second-order valence-corrected chi connectivity index (χ2v) is 10.8. The van der Waals surface area contributed by atoms with Crippen molar-refractivity contribution in [3.8, 4) is 11.5 Å². The van der Waals surface area contributed by atoms with Crippen LogP contribution < -0.4 is 19.7 Å². The van der Waals surface area contributed by atoms with E-state index in [9.17, 15) is 9.59 Å². The van der Waals surface area contributed by atoms with Gasteiger partial charge in [-0.15, -0.1) is 0 Å². The molecule has 212 valence electrons. The Morgan fingerprint density at radius 3 is 2.29 bits per heavy atom. The SMILES string of the molecule is CCOc1cc(/C=C2\SC(=Nc3ccc(Cl)cc3)N(c3ccc(Cl)cc3)C2=O)ccc1OCC(=O)Nc1ccccc1. The van der Waals surface area contributed by atoms with Crippen molar-refractivity contribution >= 4 is 75.1 Å². The van der Waals surface area contributed by atoms with Crippen LogP contribution in [0.25, 0.3) is 6.08 Å². The zero-order valence-corrected chi connectivity index (χ0v) is 24.7. The fourth-order valence-electron chi connectivity index (χ4n) is 4.01. The van der Waals surface area contributed by atoms with Gasteiger partial charge in [0.2, 0.25) is 0 Å². The molecule has 4 aromatic carbocycles. The summed E-state index contributed by atoms with van der Waals surface area (Å²) in [5, 5.41) is 4.44. The standard InChI is InChI=1S/C32H25Cl2N3O4S/c1-2-40-28-18-21(8-17-27(28)41-20-30(38)35-24-6-4-3-5-7-24)19-29-31(39)37(26-15-11-23(34)12-16-26)32(42-29)36-25-13-9-22(33)10-14-25/h3-19H,2,20H2,1H3,(H,35,38)/b29-19-,36-32?. The van der Waals surface area contributed by atoms with Crippen molar-refractivity contribution in [2.24, 2.45) is 4.99 Å². The maximum atomic E-state index is 13.7. The van der Waals surface area contributed by atoms with Gasteiger partial charge in [0.25, 0.3) is 11.8 Å². The molecule has 0 radical (unpaired) electrons. The van der Waals surface area contributed by atoms with Crippen molar-refractivity contribution < 1.29 is 19.1 Å². The molecule has 1 fully saturated rings. The number of ether oxygens (including phenoxy) is 2. The molecule has 7 nitrogen and oxygen atoms in total. The molecule has 2 amide bonds. The lowest BCUT2D eigenvalue weighted by atomic mass is 10.1. The first-order valence-corrected chi connectivity index (χ1v) is 14.5. The summed E-state index contributed by atoms with van der Waals surface area (Å²) in [5.41, 5.74) is 2.70. The van der Waals surface area contributed by atoms with Crippen LogP contribution in [0.2, 0.25) is 10.0 Å². The summed E-state index contributed by atoms with van der Waals surface area (Å²) < 4.78 is 11.6. The number of amides is 2. The Morgan fingerprint density at radius 2 is 1.60 bits per heavy atom. The number of halogens is 2. The lowest BCUT2D eigenvalue weighted by molar-refractivity contribution is -0.118. The molecule has 1 N–H and O–H groups in total. The Hall–Kier alpha value is -4.24. The summed E-state index contributed by atoms with van der Waals surface area (Å²) in [4.78, 5) is 32.8. The van der Waals surface area contributed by atoms with Crippen LogP contribution in [0.3, 0.4) is 0 Å². The molecule has 0 bridgehead atoms. The van der Waals surface area contributed by atoms with Gasteiger partial charge in [-0.05, 0) is 103 Å². The molecule has 0 unspecified atom stereocenters. The fourth-order valence-corrected chi connectivity index (χ4v) is 5.26. The maximum absolute atomic E-state index is 13.7. The molecule has 5 rings (SSSR count). The quantitative estimate of drug-likeness (QED) is 0.191. The number of para-hydroxylation sites is 1. The van der Waals surface area contributed by atoms with Gasteiger partial charge < -0.3 is 14.8 Å². The van der Waals surface area contributed by atoms with Gasteiger partial charge in [0, 0.05) is 15.7 Å². The second-order valence-electron chi connectivity index (χ2n) is 8.94. The van der Waals surface area contributed by atoms with Crippen molar-refractivity contribution in [3.63, 3.8) is 0 Å². The number of carbonyl (C=O) groups is 2. The Morgan fingerprint density at radius 1 is 0.905 bits per heavy atom. The van der Waals surface area contributed by atoms with E-state index < -0.39 is 0 Å². The number of thioether (sulfide) groups is 1. The Kier molecular flexibility index (Phi) is 9.48. The Balaban J connectivity index is 1.39. The van der Waals surface area contributed by atoms with E-state index in [-0.39, 0.29) is 18.4 Å². The summed E-state index contributed by atoms with van der Waals surface area (Å²) in [6, 6.07) is 28.5. The highest BCUT2D eigenvalue weighted by atomic mass is 35.5. The van der Waals surface area contributed by atoms with E-state index in [1.165, 1.54) is 11.8 Å². The number of carbonyl (C=O) groups excluding carboxylic acids is 2. The average Bonchev–Trinajstić information content (AvgIpc) is 3.28. The molecular weight excluding hydrogens is 593 g/mol. The molecule has 0 saturated carbocycles. The monoisotopic (exact) mass is 617 g/mol. The summed E-state index contributed by atoms with van der Waals surface area (Å²) in [7, 11) is 0. The summed E-state index contributed by atoms with van der Waals surface area (Å²) in [5.74, 6) is 0.350. The second kappa shape index (κ2) is 13.6. The number of benzene rings is 4. The van der Waals surface area contributed by atoms with E-state index in [4.69, 9.17) is 37.7 Å². The van der Waals surface area contributed by atoms with Gasteiger partial charge >= 0.3 is 0 Å². The lowest BCUT2D eigenvalue weighted by Crippen LogP contribution is -2.28. The topological polar surface area (TPSA) is 80.2 Å². The highest BCUT2D eigenvalue weighted by Crippen LogP contribution is 2.39. The maximum Gasteiger partial charge on any atom is 0.271 e. The molecule has 0 spiro atoms. The first kappa shape index (κ1) is 29.3. The Labute approximate surface area is 257 Å². The number of hydrogen-bond acceptors (Lipinski definition) is 6. The van der Waals surface area contributed by atoms with Gasteiger partial charge in [0.05, 0.1) is 22.9 Å². The number of anilines is 2. The molecular formula is C32H25Cl2N3O4S. The van der Waals surface area contributed by atoms with Crippen LogP contribution >= 0.6 is 35.0 Å². The van der Waals surface area contributed by atoms with Gasteiger partial charge in [-0.25, -0.2) is 4.99 Å². The molecule has 0 atom stereocenters. The first-order chi connectivity index (χ1) is 20.4. The van der Waals surface area contributed by atoms with Gasteiger partial charge in [-0.1, -0.05) is 47.5 Å². The van der Waals surface area contributed by atoms with Gasteiger partial charge in [-0.3, -0.25) is 14.5 Å². The van der Waals surface area contributed by atoms with E-state index in [1.54, 1.807) is 89.8 Å². The molecule has 1 aliphatic heterocycles. The minimum absolute atomic E-state index is 0.190. The van der Waals surface area contributed by atoms with E-state index in [0.717, 1.165) is 5.56 Å². The lowest BCUT2D eigenvalue weighted by Gasteiger charge is -2.15. The van der Waals surface area contributed by atoms with Crippen LogP contribution in [0.15, 0.2) is 107 Å². The van der Waals surface area contributed by atoms with E-state index in [2.05, 4.69) is 5.32 Å². The average molecular weight is 619 g/mol. The molecule has 1 aliphatic rings. The smallest absolute Gasteiger partial charge is 0.271 e. The number of aliphatic imine (C=N–C) groups is 1. The third-order valence-electron chi connectivity index (χ3n) is 5.92. The van der Waals surface area contributed by atoms with E-state index >= 15 is 0 Å². The fraction of sp³-hybridized carbons (Fsp3) is 0.0938. The third-order valence-corrected chi connectivity index (χ3v) is 7.40. The van der Waals surface area contributed by atoms with Crippen LogP contribution in [0.1, 0.15) is 12.5 Å². The minimum Gasteiger partial charge on any atom is -0.490 e. The van der Waals surface area contributed by atoms with Crippen LogP contribution in [0.5, 0.6) is 11.5 Å². The van der Waals surface area contributed by atoms with Crippen LogP contribution in [-0.2, 0) is 9.59 Å². The highest BCUT2D eigenvalue weighted by molar-refractivity contribution is 8.19. The molecule has 42 heavy (non-hydrogen) atoms. The third kappa shape index (κ3) is 7.33. The molecule has 1 heterocycles. The summed E-state index contributed by atoms with van der Waals surface area (Å²) >= 11 is 13.4. The zero-order valence-electron chi connectivity index (χ0n) is 22.4. The molecule has 10 heteroatoms. The first-order valence-electron chi connectivity index (χ1n) is 13.0. The number of nitrogens with zero attached hydrogens (tertiary/aromatic N) is 2. The minimum atomic E-state index is -0.294. The Bertz CT molecular complexity index is 1640. The van der Waals surface area contributed by atoms with E-state index in [0.29, 0.717) is 55.3 Å². The normalized spacial score (nSPS) is 14.8. The number of amidine groups is 1. The summed E-state index contributed by atoms with van der Waals surface area (Å²) in [6.07, 6.45) is 1.77. The summed E-state index contributed by atoms with van der Waals surface area (Å²) in [6.45, 7) is 2.06.